The highest BCUT2D eigenvalue weighted by Crippen LogP contribution is 2.23. The normalized spacial score (nSPS) is 23.7. The van der Waals surface area contributed by atoms with E-state index in [2.05, 4.69) is 12.2 Å². The summed E-state index contributed by atoms with van der Waals surface area (Å²) in [5.41, 5.74) is 6.73. The molecular weight excluding hydrogens is 260 g/mol. The van der Waals surface area contributed by atoms with Crippen molar-refractivity contribution in [3.05, 3.63) is 28.8 Å². The van der Waals surface area contributed by atoms with Gasteiger partial charge in [0.2, 0.25) is 0 Å². The Hall–Kier alpha value is -1.22. The van der Waals surface area contributed by atoms with Crippen molar-refractivity contribution in [2.45, 2.75) is 45.1 Å². The Bertz CT molecular complexity index is 461. The predicted octanol–water partition coefficient (Wildman–Crippen LogP) is 3.62. The molecule has 1 aromatic rings. The summed E-state index contributed by atoms with van der Waals surface area (Å²) >= 11 is 5.94. The van der Waals surface area contributed by atoms with Crippen LogP contribution in [0.1, 0.15) is 49.4 Å². The van der Waals surface area contributed by atoms with Gasteiger partial charge in [0.1, 0.15) is 0 Å². The molecule has 1 aliphatic rings. The number of nitrogens with one attached hydrogen (secondary N) is 1. The molecule has 0 spiro atoms. The fourth-order valence-corrected chi connectivity index (χ4v) is 2.75. The van der Waals surface area contributed by atoms with Gasteiger partial charge in [-0.2, -0.15) is 0 Å². The number of nitrogens with two attached hydrogens (primary N) is 1. The fraction of sp³-hybridized carbons (Fsp3) is 0.533. The van der Waals surface area contributed by atoms with Crippen LogP contribution in [-0.4, -0.2) is 11.9 Å². The number of halogens is 1. The number of benzene rings is 1. The lowest BCUT2D eigenvalue weighted by atomic mass is 10.0. The minimum absolute atomic E-state index is 0.0542. The Labute approximate surface area is 119 Å². The van der Waals surface area contributed by atoms with E-state index in [1.165, 1.54) is 19.3 Å². The standard InChI is InChI=1S/C15H21ClN2O/c1-10-3-2-4-12(7-5-10)18-15(19)11-6-8-14(17)13(16)9-11/h6,8-10,12H,2-5,7,17H2,1H3,(H,18,19). The van der Waals surface area contributed by atoms with Crippen LogP contribution in [0.15, 0.2) is 18.2 Å². The SMILES string of the molecule is CC1CCCC(NC(=O)c2ccc(N)c(Cl)c2)CC1. The van der Waals surface area contributed by atoms with Crippen LogP contribution in [0.3, 0.4) is 0 Å². The molecule has 1 saturated carbocycles. The Morgan fingerprint density at radius 1 is 1.32 bits per heavy atom. The summed E-state index contributed by atoms with van der Waals surface area (Å²) in [5.74, 6) is 0.717. The summed E-state index contributed by atoms with van der Waals surface area (Å²) in [4.78, 5) is 12.2. The molecule has 3 N–H and O–H groups in total. The van der Waals surface area contributed by atoms with Crippen molar-refractivity contribution in [2.75, 3.05) is 5.73 Å². The molecule has 2 unspecified atom stereocenters. The summed E-state index contributed by atoms with van der Waals surface area (Å²) in [7, 11) is 0. The first-order valence-electron chi connectivity index (χ1n) is 6.92. The monoisotopic (exact) mass is 280 g/mol. The lowest BCUT2D eigenvalue weighted by Crippen LogP contribution is -2.34. The summed E-state index contributed by atoms with van der Waals surface area (Å²) in [6.45, 7) is 2.28. The molecule has 104 valence electrons. The minimum atomic E-state index is -0.0542. The summed E-state index contributed by atoms with van der Waals surface area (Å²) in [6, 6.07) is 5.31. The van der Waals surface area contributed by atoms with Crippen molar-refractivity contribution in [3.8, 4) is 0 Å². The van der Waals surface area contributed by atoms with Gasteiger partial charge in [0.25, 0.3) is 5.91 Å². The van der Waals surface area contributed by atoms with E-state index in [1.807, 2.05) is 0 Å². The third kappa shape index (κ3) is 3.87. The third-order valence-electron chi connectivity index (χ3n) is 3.86. The highest BCUT2D eigenvalue weighted by atomic mass is 35.5. The van der Waals surface area contributed by atoms with Crippen molar-refractivity contribution in [1.82, 2.24) is 5.32 Å². The zero-order valence-electron chi connectivity index (χ0n) is 11.3. The average molecular weight is 281 g/mol. The zero-order chi connectivity index (χ0) is 13.8. The van der Waals surface area contributed by atoms with Gasteiger partial charge in [-0.05, 0) is 43.4 Å². The van der Waals surface area contributed by atoms with Gasteiger partial charge < -0.3 is 11.1 Å². The molecule has 2 rings (SSSR count). The van der Waals surface area contributed by atoms with E-state index in [0.717, 1.165) is 18.8 Å². The van der Waals surface area contributed by atoms with E-state index < -0.39 is 0 Å². The van der Waals surface area contributed by atoms with Gasteiger partial charge in [-0.3, -0.25) is 4.79 Å². The van der Waals surface area contributed by atoms with Crippen LogP contribution in [0.2, 0.25) is 5.02 Å². The Balaban J connectivity index is 1.98. The molecule has 0 bridgehead atoms. The number of amides is 1. The zero-order valence-corrected chi connectivity index (χ0v) is 12.0. The predicted molar refractivity (Wildman–Crippen MR) is 79.4 cm³/mol. The van der Waals surface area contributed by atoms with Crippen LogP contribution < -0.4 is 11.1 Å². The van der Waals surface area contributed by atoms with Crippen LogP contribution in [0.5, 0.6) is 0 Å². The van der Waals surface area contributed by atoms with Crippen molar-refractivity contribution < 1.29 is 4.79 Å². The molecular formula is C15H21ClN2O. The average Bonchev–Trinajstić information content (AvgIpc) is 2.58. The Kier molecular flexibility index (Phi) is 4.70. The molecule has 0 aliphatic heterocycles. The molecule has 0 heterocycles. The number of rotatable bonds is 2. The fourth-order valence-electron chi connectivity index (χ4n) is 2.57. The second-order valence-corrected chi connectivity index (χ2v) is 5.93. The summed E-state index contributed by atoms with van der Waals surface area (Å²) in [5, 5.41) is 3.54. The van der Waals surface area contributed by atoms with Gasteiger partial charge in [-0.25, -0.2) is 0 Å². The molecule has 4 heteroatoms. The van der Waals surface area contributed by atoms with Crippen LogP contribution in [0, 0.1) is 5.92 Å². The van der Waals surface area contributed by atoms with Gasteiger partial charge in [-0.1, -0.05) is 31.4 Å². The number of nitrogen functional groups attached to an aromatic ring is 1. The minimum Gasteiger partial charge on any atom is -0.398 e. The quantitative estimate of drug-likeness (QED) is 0.642. The van der Waals surface area contributed by atoms with E-state index in [9.17, 15) is 4.79 Å². The smallest absolute Gasteiger partial charge is 0.251 e. The lowest BCUT2D eigenvalue weighted by molar-refractivity contribution is 0.0933. The molecule has 19 heavy (non-hydrogen) atoms. The summed E-state index contributed by atoms with van der Waals surface area (Å²) in [6.07, 6.45) is 5.77. The van der Waals surface area contributed by atoms with E-state index in [0.29, 0.717) is 16.3 Å². The molecule has 0 radical (unpaired) electrons. The van der Waals surface area contributed by atoms with Gasteiger partial charge in [0, 0.05) is 11.6 Å². The highest BCUT2D eigenvalue weighted by molar-refractivity contribution is 6.33. The lowest BCUT2D eigenvalue weighted by Gasteiger charge is -2.16. The maximum absolute atomic E-state index is 12.2. The van der Waals surface area contributed by atoms with Crippen molar-refractivity contribution in [2.24, 2.45) is 5.92 Å². The first-order valence-corrected chi connectivity index (χ1v) is 7.30. The van der Waals surface area contributed by atoms with E-state index >= 15 is 0 Å². The number of carbonyl (C=O) groups excluding carboxylic acids is 1. The van der Waals surface area contributed by atoms with E-state index in [-0.39, 0.29) is 11.9 Å². The van der Waals surface area contributed by atoms with Crippen LogP contribution in [0.4, 0.5) is 5.69 Å². The molecule has 1 aromatic carbocycles. The molecule has 0 aromatic heterocycles. The number of carbonyl (C=O) groups is 1. The Morgan fingerprint density at radius 2 is 2.11 bits per heavy atom. The maximum atomic E-state index is 12.2. The highest BCUT2D eigenvalue weighted by Gasteiger charge is 2.18. The molecule has 1 amide bonds. The van der Waals surface area contributed by atoms with Crippen LogP contribution >= 0.6 is 11.6 Å². The third-order valence-corrected chi connectivity index (χ3v) is 4.18. The van der Waals surface area contributed by atoms with Gasteiger partial charge in [0.15, 0.2) is 0 Å². The van der Waals surface area contributed by atoms with Crippen molar-refractivity contribution in [1.29, 1.82) is 0 Å². The summed E-state index contributed by atoms with van der Waals surface area (Å²) < 4.78 is 0. The van der Waals surface area contributed by atoms with Crippen molar-refractivity contribution in [3.63, 3.8) is 0 Å². The first-order chi connectivity index (χ1) is 9.06. The Morgan fingerprint density at radius 3 is 2.84 bits per heavy atom. The second kappa shape index (κ2) is 6.29. The first kappa shape index (κ1) is 14.2. The molecule has 1 aliphatic carbocycles. The topological polar surface area (TPSA) is 55.1 Å². The van der Waals surface area contributed by atoms with Crippen molar-refractivity contribution >= 4 is 23.2 Å². The number of anilines is 1. The van der Waals surface area contributed by atoms with Crippen LogP contribution in [0.25, 0.3) is 0 Å². The largest absolute Gasteiger partial charge is 0.398 e. The van der Waals surface area contributed by atoms with Gasteiger partial charge >= 0.3 is 0 Å². The van der Waals surface area contributed by atoms with E-state index in [1.54, 1.807) is 18.2 Å². The number of hydrogen-bond donors (Lipinski definition) is 2. The van der Waals surface area contributed by atoms with Crippen LogP contribution in [-0.2, 0) is 0 Å². The number of hydrogen-bond acceptors (Lipinski definition) is 2. The maximum Gasteiger partial charge on any atom is 0.251 e. The molecule has 2 atom stereocenters. The molecule has 1 fully saturated rings. The van der Waals surface area contributed by atoms with E-state index in [4.69, 9.17) is 17.3 Å². The second-order valence-electron chi connectivity index (χ2n) is 5.52. The molecule has 0 saturated heterocycles. The van der Waals surface area contributed by atoms with Gasteiger partial charge in [0.05, 0.1) is 10.7 Å². The molecule has 3 nitrogen and oxygen atoms in total. The van der Waals surface area contributed by atoms with Gasteiger partial charge in [-0.15, -0.1) is 0 Å².